The first-order valence-electron chi connectivity index (χ1n) is 8.68. The van der Waals surface area contributed by atoms with E-state index in [0.717, 1.165) is 17.0 Å². The highest BCUT2D eigenvalue weighted by Crippen LogP contribution is 2.28. The number of rotatable bonds is 5. The number of para-hydroxylation sites is 1. The number of aryl methyl sites for hydroxylation is 1. The van der Waals surface area contributed by atoms with Crippen LogP contribution in [0.2, 0.25) is 0 Å². The summed E-state index contributed by atoms with van der Waals surface area (Å²) >= 11 is 1.34. The van der Waals surface area contributed by atoms with E-state index in [0.29, 0.717) is 10.8 Å². The van der Waals surface area contributed by atoms with E-state index in [9.17, 15) is 9.90 Å². The molecular formula is C20H17N5O3S. The largest absolute Gasteiger partial charge is 0.506 e. The number of ether oxygens (including phenoxy) is 1. The number of aromatic hydroxyl groups is 1. The molecule has 0 saturated carbocycles. The molecule has 0 unspecified atom stereocenters. The highest BCUT2D eigenvalue weighted by molar-refractivity contribution is 7.12. The first-order chi connectivity index (χ1) is 14.1. The van der Waals surface area contributed by atoms with Crippen molar-refractivity contribution in [1.82, 2.24) is 14.8 Å². The highest BCUT2D eigenvalue weighted by atomic mass is 32.1. The van der Waals surface area contributed by atoms with Gasteiger partial charge in [0.15, 0.2) is 5.69 Å². The Hall–Kier alpha value is -3.72. The lowest BCUT2D eigenvalue weighted by molar-refractivity contribution is 0.415. The summed E-state index contributed by atoms with van der Waals surface area (Å²) in [5.41, 5.74) is 2.31. The number of thiazole rings is 1. The number of nitrogens with zero attached hydrogens (tertiary/aromatic N) is 4. The van der Waals surface area contributed by atoms with E-state index in [4.69, 9.17) is 4.74 Å². The zero-order valence-electron chi connectivity index (χ0n) is 15.7. The number of hydrogen-bond donors (Lipinski definition) is 2. The molecule has 4 rings (SSSR count). The fourth-order valence-electron chi connectivity index (χ4n) is 2.70. The van der Waals surface area contributed by atoms with Crippen LogP contribution >= 0.6 is 11.3 Å². The number of benzene rings is 2. The van der Waals surface area contributed by atoms with Gasteiger partial charge in [0, 0.05) is 10.9 Å². The number of phenols is 1. The third kappa shape index (κ3) is 3.67. The third-order valence-corrected chi connectivity index (χ3v) is 5.07. The number of aromatic nitrogens is 3. The molecule has 0 bridgehead atoms. The van der Waals surface area contributed by atoms with Crippen LogP contribution in [0.25, 0.3) is 16.4 Å². The molecule has 0 atom stereocenters. The maximum atomic E-state index is 12.8. The van der Waals surface area contributed by atoms with Crippen molar-refractivity contribution in [1.29, 1.82) is 0 Å². The number of methoxy groups -OCH3 is 1. The van der Waals surface area contributed by atoms with E-state index in [2.05, 4.69) is 20.3 Å². The van der Waals surface area contributed by atoms with Crippen LogP contribution in [-0.4, -0.2) is 27.0 Å². The summed E-state index contributed by atoms with van der Waals surface area (Å²) in [7, 11) is 1.62. The molecule has 0 saturated heterocycles. The maximum absolute atomic E-state index is 12.8. The summed E-state index contributed by atoms with van der Waals surface area (Å²) in [5.74, 6) is 0.758. The molecule has 2 aromatic heterocycles. The predicted octanol–water partition coefficient (Wildman–Crippen LogP) is 4.73. The van der Waals surface area contributed by atoms with Gasteiger partial charge in [-0.25, -0.2) is 4.98 Å². The van der Waals surface area contributed by atoms with Gasteiger partial charge in [0.1, 0.15) is 17.2 Å². The molecule has 0 aliphatic heterocycles. The Morgan fingerprint density at radius 2 is 1.90 bits per heavy atom. The molecule has 2 heterocycles. The van der Waals surface area contributed by atoms with Gasteiger partial charge in [-0.15, -0.1) is 21.6 Å². The molecule has 2 N–H and O–H groups in total. The summed E-state index contributed by atoms with van der Waals surface area (Å²) in [5, 5.41) is 23.2. The smallest absolute Gasteiger partial charge is 0.301 e. The second-order valence-corrected chi connectivity index (χ2v) is 7.00. The molecule has 4 aromatic rings. The second kappa shape index (κ2) is 7.72. The summed E-state index contributed by atoms with van der Waals surface area (Å²) in [6.45, 7) is 1.73. The van der Waals surface area contributed by atoms with Gasteiger partial charge < -0.3 is 9.84 Å². The quantitative estimate of drug-likeness (QED) is 0.467. The van der Waals surface area contributed by atoms with Crippen LogP contribution in [0.3, 0.4) is 0 Å². The number of hydrogen-bond acceptors (Lipinski definition) is 7. The van der Waals surface area contributed by atoms with Crippen molar-refractivity contribution >= 4 is 22.7 Å². The summed E-state index contributed by atoms with van der Waals surface area (Å²) in [6.07, 6.45) is 0. The van der Waals surface area contributed by atoms with E-state index in [1.54, 1.807) is 32.2 Å². The van der Waals surface area contributed by atoms with Gasteiger partial charge in [-0.3, -0.25) is 9.89 Å². The van der Waals surface area contributed by atoms with Gasteiger partial charge in [0.05, 0.1) is 18.5 Å². The molecule has 2 aromatic carbocycles. The van der Waals surface area contributed by atoms with Crippen molar-refractivity contribution in [2.75, 3.05) is 7.11 Å². The normalized spacial score (nSPS) is 11.2. The predicted molar refractivity (Wildman–Crippen MR) is 111 cm³/mol. The Balaban J connectivity index is 1.65. The minimum Gasteiger partial charge on any atom is -0.506 e. The van der Waals surface area contributed by atoms with Crippen LogP contribution in [0.15, 0.2) is 68.9 Å². The number of phenolic OH excluding ortho intramolecular Hbond substituents is 1. The van der Waals surface area contributed by atoms with Gasteiger partial charge in [0.25, 0.3) is 0 Å². The first kappa shape index (κ1) is 18.6. The highest BCUT2D eigenvalue weighted by Gasteiger charge is 2.15. The molecule has 146 valence electrons. The zero-order chi connectivity index (χ0) is 20.4. The molecule has 0 aliphatic rings. The number of aromatic amines is 1. The Labute approximate surface area is 169 Å². The van der Waals surface area contributed by atoms with Gasteiger partial charge in [0.2, 0.25) is 5.13 Å². The molecule has 9 heteroatoms. The minimum absolute atomic E-state index is 0.00572. The average molecular weight is 407 g/mol. The van der Waals surface area contributed by atoms with Crippen molar-refractivity contribution in [2.24, 2.45) is 10.2 Å². The van der Waals surface area contributed by atoms with Gasteiger partial charge >= 0.3 is 5.56 Å². The van der Waals surface area contributed by atoms with E-state index in [1.165, 1.54) is 22.1 Å². The molecular weight excluding hydrogens is 390 g/mol. The Kier molecular flexibility index (Phi) is 4.96. The van der Waals surface area contributed by atoms with Crippen molar-refractivity contribution in [3.63, 3.8) is 0 Å². The van der Waals surface area contributed by atoms with E-state index >= 15 is 0 Å². The van der Waals surface area contributed by atoms with Crippen molar-refractivity contribution < 1.29 is 9.84 Å². The van der Waals surface area contributed by atoms with Crippen LogP contribution in [0.4, 0.5) is 11.4 Å². The van der Waals surface area contributed by atoms with Crippen molar-refractivity contribution in [3.05, 3.63) is 70.0 Å². The zero-order valence-corrected chi connectivity index (χ0v) is 16.5. The fourth-order valence-corrected chi connectivity index (χ4v) is 3.49. The van der Waals surface area contributed by atoms with Crippen LogP contribution in [-0.2, 0) is 0 Å². The average Bonchev–Trinajstić information content (AvgIpc) is 3.33. The Morgan fingerprint density at radius 3 is 2.62 bits per heavy atom. The third-order valence-electron chi connectivity index (χ3n) is 4.25. The van der Waals surface area contributed by atoms with Crippen LogP contribution in [0.1, 0.15) is 5.69 Å². The van der Waals surface area contributed by atoms with E-state index in [-0.39, 0.29) is 22.7 Å². The van der Waals surface area contributed by atoms with Crippen LogP contribution < -0.4 is 10.3 Å². The molecule has 0 fully saturated rings. The van der Waals surface area contributed by atoms with E-state index in [1.807, 2.05) is 29.6 Å². The molecule has 29 heavy (non-hydrogen) atoms. The molecule has 8 nitrogen and oxygen atoms in total. The van der Waals surface area contributed by atoms with Crippen LogP contribution in [0, 0.1) is 6.92 Å². The van der Waals surface area contributed by atoms with Crippen molar-refractivity contribution in [3.8, 4) is 27.9 Å². The van der Waals surface area contributed by atoms with E-state index < -0.39 is 0 Å². The monoisotopic (exact) mass is 407 g/mol. The van der Waals surface area contributed by atoms with Gasteiger partial charge in [-0.1, -0.05) is 12.1 Å². The molecule has 0 amide bonds. The Bertz CT molecular complexity index is 1240. The number of azo groups is 1. The lowest BCUT2D eigenvalue weighted by atomic mass is 10.2. The number of nitrogens with one attached hydrogen (secondary N) is 1. The number of H-pyrrole nitrogens is 1. The topological polar surface area (TPSA) is 105 Å². The summed E-state index contributed by atoms with van der Waals surface area (Å²) in [6, 6.07) is 14.1. The Morgan fingerprint density at radius 1 is 1.14 bits per heavy atom. The summed E-state index contributed by atoms with van der Waals surface area (Å²) in [4.78, 5) is 17.3. The lowest BCUT2D eigenvalue weighted by Gasteiger charge is -2.00. The standard InChI is InChI=1S/C20H17N5O3S/c1-12-18(23-22-15-5-3-4-6-17(15)26)19(27)25(24-12)20-21-16(11-29-20)13-7-9-14(28-2)10-8-13/h3-11,24,26H,1-2H3. The first-order valence-corrected chi connectivity index (χ1v) is 9.56. The minimum atomic E-state index is -0.364. The maximum Gasteiger partial charge on any atom is 0.301 e. The fraction of sp³-hybridized carbons (Fsp3) is 0.100. The van der Waals surface area contributed by atoms with Crippen LogP contribution in [0.5, 0.6) is 11.5 Å². The molecule has 0 radical (unpaired) electrons. The molecule has 0 aliphatic carbocycles. The molecule has 0 spiro atoms. The van der Waals surface area contributed by atoms with Gasteiger partial charge in [-0.2, -0.15) is 4.68 Å². The SMILES string of the molecule is COc1ccc(-c2csc(-n3[nH]c(C)c(N=Nc4ccccc4O)c3=O)n2)cc1. The van der Waals surface area contributed by atoms with Gasteiger partial charge in [-0.05, 0) is 43.3 Å². The lowest BCUT2D eigenvalue weighted by Crippen LogP contribution is -2.13. The van der Waals surface area contributed by atoms with Crippen molar-refractivity contribution in [2.45, 2.75) is 6.92 Å². The summed E-state index contributed by atoms with van der Waals surface area (Å²) < 4.78 is 6.51. The second-order valence-electron chi connectivity index (χ2n) is 6.16.